The third kappa shape index (κ3) is 5.87. The Kier molecular flexibility index (Phi) is 7.32. The molecule has 3 aromatic rings. The smallest absolute Gasteiger partial charge is 0.433 e. The number of hydrogen-bond donors (Lipinski definition) is 0. The molecule has 0 spiro atoms. The normalized spacial score (nSPS) is 12.4. The first kappa shape index (κ1) is 25.9. The van der Waals surface area contributed by atoms with Crippen LogP contribution in [0.1, 0.15) is 16.7 Å². The molecular formula is C23H12F10O2. The predicted octanol–water partition coefficient (Wildman–Crippen LogP) is 7.65. The van der Waals surface area contributed by atoms with Crippen LogP contribution in [-0.2, 0) is 0 Å². The van der Waals surface area contributed by atoms with Gasteiger partial charge in [-0.25, -0.2) is 35.1 Å². The van der Waals surface area contributed by atoms with Gasteiger partial charge in [0, 0.05) is 17.7 Å². The Balaban J connectivity index is 1.84. The second kappa shape index (κ2) is 9.88. The highest BCUT2D eigenvalue weighted by Gasteiger charge is 2.34. The van der Waals surface area contributed by atoms with Gasteiger partial charge in [0.05, 0.1) is 5.56 Å². The molecule has 0 aliphatic rings. The molecule has 0 saturated carbocycles. The van der Waals surface area contributed by atoms with Gasteiger partial charge in [-0.2, -0.15) is 8.78 Å². The molecule has 0 saturated heterocycles. The highest BCUT2D eigenvalue weighted by atomic mass is 19.3. The number of alkyl halides is 2. The molecule has 0 aromatic heterocycles. The lowest BCUT2D eigenvalue weighted by Gasteiger charge is -2.19. The maximum Gasteiger partial charge on any atom is 0.433 e. The van der Waals surface area contributed by atoms with Gasteiger partial charge < -0.3 is 9.47 Å². The zero-order chi connectivity index (χ0) is 26.1. The van der Waals surface area contributed by atoms with Gasteiger partial charge in [0.1, 0.15) is 17.4 Å². The van der Waals surface area contributed by atoms with Gasteiger partial charge >= 0.3 is 6.11 Å². The highest BCUT2D eigenvalue weighted by Crippen LogP contribution is 2.35. The van der Waals surface area contributed by atoms with Crippen LogP contribution < -0.4 is 9.47 Å². The van der Waals surface area contributed by atoms with Crippen LogP contribution in [0.25, 0.3) is 11.7 Å². The first-order valence-corrected chi connectivity index (χ1v) is 9.44. The molecule has 0 unspecified atom stereocenters. The summed E-state index contributed by atoms with van der Waals surface area (Å²) in [4.78, 5) is 0. The van der Waals surface area contributed by atoms with Crippen LogP contribution >= 0.6 is 0 Å². The number of aryl methyl sites for hydroxylation is 1. The van der Waals surface area contributed by atoms with E-state index in [2.05, 4.69) is 9.47 Å². The van der Waals surface area contributed by atoms with E-state index in [1.165, 1.54) is 13.0 Å². The summed E-state index contributed by atoms with van der Waals surface area (Å²) in [6.45, 7) is -0.0417. The molecule has 12 heteroatoms. The monoisotopic (exact) mass is 510 g/mol. The van der Waals surface area contributed by atoms with Crippen molar-refractivity contribution < 1.29 is 53.4 Å². The Morgan fingerprint density at radius 1 is 0.743 bits per heavy atom. The molecule has 0 fully saturated rings. The van der Waals surface area contributed by atoms with Gasteiger partial charge in [-0.15, -0.1) is 0 Å². The first-order valence-electron chi connectivity index (χ1n) is 9.44. The van der Waals surface area contributed by atoms with E-state index in [1.807, 2.05) is 0 Å². The maximum absolute atomic E-state index is 14.4. The van der Waals surface area contributed by atoms with Crippen LogP contribution in [0.3, 0.4) is 0 Å². The van der Waals surface area contributed by atoms with Crippen molar-refractivity contribution >= 4 is 11.7 Å². The standard InChI is InChI=1S/C23H12F10O2/c1-10-2-3-18(13(24)4-10)34-9-23(32,33)35-12-7-14(25)19(15(26)8-12)22(31)20(29)11-5-16(27)21(30)17(28)6-11/h2-8H,9H2,1H3/b22-20+. The molecule has 3 aromatic carbocycles. The number of ether oxygens (including phenoxy) is 2. The zero-order valence-electron chi connectivity index (χ0n) is 17.3. The van der Waals surface area contributed by atoms with Crippen LogP contribution in [0.4, 0.5) is 43.9 Å². The number of rotatable bonds is 7. The average molecular weight is 510 g/mol. The van der Waals surface area contributed by atoms with Gasteiger partial charge in [0.2, 0.25) is 0 Å². The van der Waals surface area contributed by atoms with Gasteiger partial charge in [-0.05, 0) is 36.8 Å². The third-order valence-electron chi connectivity index (χ3n) is 4.42. The molecule has 0 N–H and O–H groups in total. The number of halogens is 10. The van der Waals surface area contributed by atoms with Crippen LogP contribution in [0.5, 0.6) is 11.5 Å². The van der Waals surface area contributed by atoms with E-state index in [0.29, 0.717) is 5.56 Å². The molecule has 0 heterocycles. The fraction of sp³-hybridized carbons (Fsp3) is 0.130. The molecule has 0 radical (unpaired) electrons. The van der Waals surface area contributed by atoms with E-state index in [-0.39, 0.29) is 24.3 Å². The lowest BCUT2D eigenvalue weighted by atomic mass is 10.1. The van der Waals surface area contributed by atoms with E-state index in [4.69, 9.17) is 0 Å². The molecule has 0 atom stereocenters. The molecule has 0 amide bonds. The number of hydrogen-bond acceptors (Lipinski definition) is 2. The third-order valence-corrected chi connectivity index (χ3v) is 4.42. The van der Waals surface area contributed by atoms with E-state index in [1.54, 1.807) is 0 Å². The Bertz CT molecular complexity index is 1260. The quantitative estimate of drug-likeness (QED) is 0.185. The van der Waals surface area contributed by atoms with Gasteiger partial charge in [-0.3, -0.25) is 0 Å². The summed E-state index contributed by atoms with van der Waals surface area (Å²) in [6, 6.07) is 3.69. The fourth-order valence-corrected chi connectivity index (χ4v) is 2.82. The average Bonchev–Trinajstić information content (AvgIpc) is 2.75. The lowest BCUT2D eigenvalue weighted by Crippen LogP contribution is -2.32. The summed E-state index contributed by atoms with van der Waals surface area (Å²) in [7, 11) is 0. The summed E-state index contributed by atoms with van der Waals surface area (Å²) in [6.07, 6.45) is -4.25. The number of benzene rings is 3. The van der Waals surface area contributed by atoms with Crippen LogP contribution in [0.15, 0.2) is 42.5 Å². The zero-order valence-corrected chi connectivity index (χ0v) is 17.3. The van der Waals surface area contributed by atoms with Gasteiger partial charge in [0.25, 0.3) is 0 Å². The maximum atomic E-state index is 14.4. The molecule has 3 rings (SSSR count). The van der Waals surface area contributed by atoms with E-state index in [0.717, 1.165) is 12.1 Å². The van der Waals surface area contributed by atoms with Crippen LogP contribution in [0, 0.1) is 41.8 Å². The molecule has 35 heavy (non-hydrogen) atoms. The van der Waals surface area contributed by atoms with E-state index >= 15 is 0 Å². The van der Waals surface area contributed by atoms with Crippen molar-refractivity contribution in [3.63, 3.8) is 0 Å². The Labute approximate surface area is 191 Å². The summed E-state index contributed by atoms with van der Waals surface area (Å²) < 4.78 is 147. The highest BCUT2D eigenvalue weighted by molar-refractivity contribution is 5.83. The molecular weight excluding hydrogens is 498 g/mol. The Morgan fingerprint density at radius 3 is 1.86 bits per heavy atom. The van der Waals surface area contributed by atoms with Crippen molar-refractivity contribution in [1.29, 1.82) is 0 Å². The van der Waals surface area contributed by atoms with Crippen molar-refractivity contribution in [2.75, 3.05) is 6.61 Å². The SMILES string of the molecule is Cc1ccc(OCC(F)(F)Oc2cc(F)c(/C(F)=C(\F)c3cc(F)c(F)c(F)c3)c(F)c2)c(F)c1. The molecule has 0 aliphatic carbocycles. The van der Waals surface area contributed by atoms with Gasteiger partial charge in [0.15, 0.2) is 47.3 Å². The minimum absolute atomic E-state index is 0.0397. The summed E-state index contributed by atoms with van der Waals surface area (Å²) in [5.74, 6) is -16.8. The van der Waals surface area contributed by atoms with Crippen molar-refractivity contribution in [3.05, 3.63) is 94.1 Å². The fourth-order valence-electron chi connectivity index (χ4n) is 2.82. The van der Waals surface area contributed by atoms with Crippen LogP contribution in [0.2, 0.25) is 0 Å². The topological polar surface area (TPSA) is 18.5 Å². The van der Waals surface area contributed by atoms with Gasteiger partial charge in [-0.1, -0.05) is 6.07 Å². The summed E-state index contributed by atoms with van der Waals surface area (Å²) in [5.41, 5.74) is -2.44. The Morgan fingerprint density at radius 2 is 1.31 bits per heavy atom. The van der Waals surface area contributed by atoms with E-state index in [9.17, 15) is 43.9 Å². The van der Waals surface area contributed by atoms with Crippen LogP contribution in [-0.4, -0.2) is 12.7 Å². The second-order valence-corrected chi connectivity index (χ2v) is 7.11. The van der Waals surface area contributed by atoms with Crippen molar-refractivity contribution in [2.45, 2.75) is 13.0 Å². The van der Waals surface area contributed by atoms with E-state index < -0.39 is 81.9 Å². The lowest BCUT2D eigenvalue weighted by molar-refractivity contribution is -0.195. The minimum atomic E-state index is -4.25. The minimum Gasteiger partial charge on any atom is -0.480 e. The van der Waals surface area contributed by atoms with Crippen molar-refractivity contribution in [3.8, 4) is 11.5 Å². The predicted molar refractivity (Wildman–Crippen MR) is 104 cm³/mol. The molecule has 0 bridgehead atoms. The molecule has 186 valence electrons. The molecule has 2 nitrogen and oxygen atoms in total. The van der Waals surface area contributed by atoms with Crippen molar-refractivity contribution in [2.24, 2.45) is 0 Å². The second-order valence-electron chi connectivity index (χ2n) is 7.11. The van der Waals surface area contributed by atoms with Crippen molar-refractivity contribution in [1.82, 2.24) is 0 Å². The summed E-state index contributed by atoms with van der Waals surface area (Å²) >= 11 is 0. The largest absolute Gasteiger partial charge is 0.480 e. The Hall–Kier alpha value is -3.70. The molecule has 0 aliphatic heterocycles. The first-order chi connectivity index (χ1) is 16.3. The summed E-state index contributed by atoms with van der Waals surface area (Å²) in [5, 5.41) is 0.